The van der Waals surface area contributed by atoms with Crippen molar-refractivity contribution in [1.29, 1.82) is 0 Å². The van der Waals surface area contributed by atoms with Crippen LogP contribution in [-0.4, -0.2) is 64.7 Å². The highest BCUT2D eigenvalue weighted by Crippen LogP contribution is 2.21. The van der Waals surface area contributed by atoms with Crippen LogP contribution in [0.25, 0.3) is 0 Å². The Morgan fingerprint density at radius 2 is 0.943 bits per heavy atom. The largest absolute Gasteiger partial charge is 0.480 e. The van der Waals surface area contributed by atoms with E-state index in [-0.39, 0.29) is 0 Å². The lowest BCUT2D eigenvalue weighted by Gasteiger charge is -2.30. The number of aliphatic hydroxyl groups excluding tert-OH is 1. The number of nitrogens with two attached hydrogens (primary N) is 1. The summed E-state index contributed by atoms with van der Waals surface area (Å²) in [4.78, 5) is 45.5. The van der Waals surface area contributed by atoms with Gasteiger partial charge in [0, 0.05) is 7.11 Å². The summed E-state index contributed by atoms with van der Waals surface area (Å²) in [5.74, 6) is 3.55. The van der Waals surface area contributed by atoms with Gasteiger partial charge in [0.25, 0.3) is 5.91 Å². The highest BCUT2D eigenvalue weighted by Gasteiger charge is 2.34. The molecule has 0 aromatic rings. The van der Waals surface area contributed by atoms with Gasteiger partial charge in [0.05, 0.1) is 0 Å². The predicted octanol–water partition coefficient (Wildman–Crippen LogP) is 2.53. The molecule has 0 fully saturated rings. The molecule has 0 rings (SSSR count). The number of nitrogens with one attached hydrogen (secondary N) is 3. The fourth-order valence-corrected chi connectivity index (χ4v) is 2.26. The van der Waals surface area contributed by atoms with E-state index < -0.39 is 58.2 Å². The van der Waals surface area contributed by atoms with E-state index in [1.807, 2.05) is 26.2 Å². The van der Waals surface area contributed by atoms with Gasteiger partial charge in [-0.05, 0) is 52.4 Å². The number of rotatable bonds is 4. The van der Waals surface area contributed by atoms with Gasteiger partial charge < -0.3 is 30.3 Å². The molecule has 0 aromatic carbocycles. The van der Waals surface area contributed by atoms with Crippen molar-refractivity contribution in [1.82, 2.24) is 16.1 Å². The summed E-state index contributed by atoms with van der Waals surface area (Å²) >= 11 is 0. The second kappa shape index (κ2) is 14.7. The SMILES string of the molecule is CC(C)(C)OC(=O)N[C@H](C(=O)NN)C(C)(C)C.CC(C)(C)OC(=O)N[C@H](C(=O)O)C(C)(C)C.CO. The van der Waals surface area contributed by atoms with E-state index in [4.69, 9.17) is 25.5 Å². The van der Waals surface area contributed by atoms with Crippen LogP contribution in [0.5, 0.6) is 0 Å². The minimum absolute atomic E-state index is 0.455. The zero-order valence-electron chi connectivity index (χ0n) is 23.6. The lowest BCUT2D eigenvalue weighted by molar-refractivity contribution is -0.142. The molecule has 35 heavy (non-hydrogen) atoms. The van der Waals surface area contributed by atoms with Crippen molar-refractivity contribution < 1.29 is 38.9 Å². The lowest BCUT2D eigenvalue weighted by Crippen LogP contribution is -2.55. The van der Waals surface area contributed by atoms with Gasteiger partial charge in [-0.2, -0.15) is 0 Å². The summed E-state index contributed by atoms with van der Waals surface area (Å²) in [6, 6.07) is -1.72. The Bertz CT molecular complexity index is 684. The topological polar surface area (TPSA) is 189 Å². The minimum Gasteiger partial charge on any atom is -0.480 e. The predicted molar refractivity (Wildman–Crippen MR) is 133 cm³/mol. The maximum absolute atomic E-state index is 11.6. The number of carbonyl (C=O) groups is 4. The molecule has 3 amide bonds. The molecule has 0 aromatic heterocycles. The summed E-state index contributed by atoms with van der Waals surface area (Å²) in [5.41, 5.74) is -0.233. The Labute approximate surface area is 209 Å². The molecule has 0 aliphatic rings. The number of hydrazine groups is 1. The zero-order valence-corrected chi connectivity index (χ0v) is 23.6. The van der Waals surface area contributed by atoms with Gasteiger partial charge >= 0.3 is 18.2 Å². The van der Waals surface area contributed by atoms with Crippen molar-refractivity contribution in [3.05, 3.63) is 0 Å². The van der Waals surface area contributed by atoms with Crippen molar-refractivity contribution in [3.8, 4) is 0 Å². The number of hydrogen-bond donors (Lipinski definition) is 6. The van der Waals surface area contributed by atoms with Crippen molar-refractivity contribution in [3.63, 3.8) is 0 Å². The van der Waals surface area contributed by atoms with E-state index >= 15 is 0 Å². The molecular weight excluding hydrogens is 460 g/mol. The Hall–Kier alpha value is -2.60. The molecule has 0 saturated heterocycles. The Morgan fingerprint density at radius 1 is 0.657 bits per heavy atom. The Balaban J connectivity index is -0.000000547. The summed E-state index contributed by atoms with van der Waals surface area (Å²) in [7, 11) is 1.00. The van der Waals surface area contributed by atoms with Crippen LogP contribution in [0.15, 0.2) is 0 Å². The number of aliphatic carboxylic acids is 1. The van der Waals surface area contributed by atoms with Gasteiger partial charge in [-0.15, -0.1) is 0 Å². The van der Waals surface area contributed by atoms with Crippen LogP contribution in [-0.2, 0) is 19.1 Å². The summed E-state index contributed by atoms with van der Waals surface area (Å²) in [6.45, 7) is 21.1. The number of amides is 3. The normalized spacial score (nSPS) is 13.3. The number of aliphatic hydroxyl groups is 1. The van der Waals surface area contributed by atoms with Crippen molar-refractivity contribution in [2.45, 2.75) is 106 Å². The average molecular weight is 509 g/mol. The number of carboxylic acid groups (broad SMARTS) is 1. The Kier molecular flexibility index (Phi) is 15.5. The summed E-state index contributed by atoms with van der Waals surface area (Å²) in [5, 5.41) is 20.8. The maximum atomic E-state index is 11.6. The molecule has 7 N–H and O–H groups in total. The fraction of sp³-hybridized carbons (Fsp3) is 0.826. The molecule has 0 aliphatic heterocycles. The van der Waals surface area contributed by atoms with Crippen molar-refractivity contribution in [2.24, 2.45) is 16.7 Å². The summed E-state index contributed by atoms with van der Waals surface area (Å²) < 4.78 is 10.1. The van der Waals surface area contributed by atoms with E-state index in [0.29, 0.717) is 0 Å². The molecule has 12 nitrogen and oxygen atoms in total. The first kappa shape index (κ1) is 37.0. The van der Waals surface area contributed by atoms with Crippen LogP contribution in [0.1, 0.15) is 83.1 Å². The molecule has 0 bridgehead atoms. The van der Waals surface area contributed by atoms with Gasteiger partial charge in [-0.25, -0.2) is 20.2 Å². The number of hydrogen-bond acceptors (Lipinski definition) is 8. The van der Waals surface area contributed by atoms with E-state index in [0.717, 1.165) is 7.11 Å². The van der Waals surface area contributed by atoms with E-state index in [2.05, 4.69) is 10.6 Å². The van der Waals surface area contributed by atoms with E-state index in [1.165, 1.54) is 0 Å². The quantitative estimate of drug-likeness (QED) is 0.188. The average Bonchev–Trinajstić information content (AvgIpc) is 2.61. The van der Waals surface area contributed by atoms with Gasteiger partial charge in [0.1, 0.15) is 23.3 Å². The smallest absolute Gasteiger partial charge is 0.408 e. The first-order chi connectivity index (χ1) is 15.4. The molecule has 0 aliphatic carbocycles. The number of carbonyl (C=O) groups excluding carboxylic acids is 3. The van der Waals surface area contributed by atoms with Crippen molar-refractivity contribution >= 4 is 24.1 Å². The van der Waals surface area contributed by atoms with Crippen molar-refractivity contribution in [2.75, 3.05) is 7.11 Å². The van der Waals surface area contributed by atoms with Crippen LogP contribution in [0.3, 0.4) is 0 Å². The standard InChI is InChI=1S/C11H23N3O3.C11H21NO4.CH4O/c1-10(2,3)7(8(15)14-12)13-9(16)17-11(4,5)6;1-10(2,3)7(8(13)14)12-9(15)16-11(4,5)6;1-2/h7H,12H2,1-6H3,(H,13,16)(H,14,15);7H,1-6H3,(H,12,15)(H,13,14);2H,1H3/t2*7-;/m11./s1. The number of ether oxygens (including phenoxy) is 2. The highest BCUT2D eigenvalue weighted by molar-refractivity contribution is 5.86. The molecule has 208 valence electrons. The van der Waals surface area contributed by atoms with Gasteiger partial charge in [-0.3, -0.25) is 10.2 Å². The van der Waals surface area contributed by atoms with Crippen LogP contribution in [0.4, 0.5) is 9.59 Å². The molecular formula is C23H48N4O8. The molecule has 0 heterocycles. The third kappa shape index (κ3) is 19.4. The highest BCUT2D eigenvalue weighted by atomic mass is 16.6. The van der Waals surface area contributed by atoms with Gasteiger partial charge in [-0.1, -0.05) is 41.5 Å². The molecule has 0 saturated carbocycles. The van der Waals surface area contributed by atoms with E-state index in [9.17, 15) is 19.2 Å². The second-order valence-electron chi connectivity index (χ2n) is 11.7. The van der Waals surface area contributed by atoms with Crippen LogP contribution in [0.2, 0.25) is 0 Å². The first-order valence-electron chi connectivity index (χ1n) is 11.1. The molecule has 0 spiro atoms. The zero-order chi connectivity index (χ0) is 29.0. The van der Waals surface area contributed by atoms with Gasteiger partial charge in [0.15, 0.2) is 0 Å². The fourth-order valence-electron chi connectivity index (χ4n) is 2.26. The van der Waals surface area contributed by atoms with Crippen LogP contribution >= 0.6 is 0 Å². The Morgan fingerprint density at radius 3 is 1.14 bits per heavy atom. The molecule has 2 atom stereocenters. The van der Waals surface area contributed by atoms with Gasteiger partial charge in [0.2, 0.25) is 0 Å². The molecule has 12 heteroatoms. The molecule has 0 radical (unpaired) electrons. The van der Waals surface area contributed by atoms with Crippen LogP contribution in [0, 0.1) is 10.8 Å². The monoisotopic (exact) mass is 508 g/mol. The number of carboxylic acids is 1. The lowest BCUT2D eigenvalue weighted by atomic mass is 9.86. The first-order valence-corrected chi connectivity index (χ1v) is 11.1. The minimum atomic E-state index is -1.07. The third-order valence-corrected chi connectivity index (χ3v) is 3.71. The van der Waals surface area contributed by atoms with E-state index in [1.54, 1.807) is 62.3 Å². The molecule has 0 unspecified atom stereocenters. The van der Waals surface area contributed by atoms with Crippen LogP contribution < -0.4 is 21.9 Å². The maximum Gasteiger partial charge on any atom is 0.408 e. The summed E-state index contributed by atoms with van der Waals surface area (Å²) in [6.07, 6.45) is -1.35. The number of alkyl carbamates (subject to hydrolysis) is 2. The third-order valence-electron chi connectivity index (χ3n) is 3.71. The second-order valence-corrected chi connectivity index (χ2v) is 11.7.